The van der Waals surface area contributed by atoms with Gasteiger partial charge in [-0.2, -0.15) is 0 Å². The maximum absolute atomic E-state index is 13.3. The number of hydrogen-bond donors (Lipinski definition) is 2. The first-order chi connectivity index (χ1) is 13.6. The largest absolute Gasteiger partial charge is 0.333 e. The van der Waals surface area contributed by atoms with Gasteiger partial charge in [0.15, 0.2) is 5.16 Å². The molecular formula is C22H18FN3OS. The highest BCUT2D eigenvalue weighted by molar-refractivity contribution is 7.98. The molecule has 0 radical (unpaired) electrons. The van der Waals surface area contributed by atoms with Crippen LogP contribution in [0.3, 0.4) is 0 Å². The minimum atomic E-state index is -0.321. The van der Waals surface area contributed by atoms with Crippen LogP contribution >= 0.6 is 11.8 Å². The Morgan fingerprint density at radius 3 is 2.71 bits per heavy atom. The van der Waals surface area contributed by atoms with Crippen molar-refractivity contribution in [3.8, 4) is 0 Å². The highest BCUT2D eigenvalue weighted by atomic mass is 32.2. The van der Waals surface area contributed by atoms with Crippen molar-refractivity contribution in [3.05, 3.63) is 89.2 Å². The zero-order chi connectivity index (χ0) is 19.5. The summed E-state index contributed by atoms with van der Waals surface area (Å²) < 4.78 is 13.3. The molecule has 1 aromatic heterocycles. The standard InChI is InChI=1S/C22H18FN3OS/c1-14-12-16(23)10-11-18(14)24-21(27)17-7-3-2-6-15(17)13-28-22-25-19-8-4-5-9-20(19)26-22/h2-12H,13H2,1H3,(H,24,27)(H,25,26). The number of nitrogens with zero attached hydrogens (tertiary/aromatic N) is 1. The van der Waals surface area contributed by atoms with Crippen LogP contribution < -0.4 is 5.32 Å². The Morgan fingerprint density at radius 1 is 1.11 bits per heavy atom. The van der Waals surface area contributed by atoms with Crippen LogP contribution in [0.1, 0.15) is 21.5 Å². The molecule has 0 saturated heterocycles. The molecule has 0 aliphatic rings. The lowest BCUT2D eigenvalue weighted by Gasteiger charge is -2.11. The van der Waals surface area contributed by atoms with Crippen molar-refractivity contribution in [2.75, 3.05) is 5.32 Å². The van der Waals surface area contributed by atoms with Gasteiger partial charge >= 0.3 is 0 Å². The lowest BCUT2D eigenvalue weighted by atomic mass is 10.1. The van der Waals surface area contributed by atoms with E-state index in [2.05, 4.69) is 15.3 Å². The predicted octanol–water partition coefficient (Wildman–Crippen LogP) is 5.56. The number of thioether (sulfide) groups is 1. The average molecular weight is 391 g/mol. The normalized spacial score (nSPS) is 10.9. The summed E-state index contributed by atoms with van der Waals surface area (Å²) in [4.78, 5) is 20.6. The third-order valence-electron chi connectivity index (χ3n) is 4.43. The van der Waals surface area contributed by atoms with E-state index in [-0.39, 0.29) is 11.7 Å². The number of H-pyrrole nitrogens is 1. The van der Waals surface area contributed by atoms with Crippen molar-refractivity contribution in [1.82, 2.24) is 9.97 Å². The fourth-order valence-corrected chi connectivity index (χ4v) is 3.86. The van der Waals surface area contributed by atoms with E-state index < -0.39 is 0 Å². The zero-order valence-corrected chi connectivity index (χ0v) is 16.0. The average Bonchev–Trinajstić information content (AvgIpc) is 3.12. The summed E-state index contributed by atoms with van der Waals surface area (Å²) in [6.07, 6.45) is 0. The second-order valence-electron chi connectivity index (χ2n) is 6.42. The predicted molar refractivity (Wildman–Crippen MR) is 111 cm³/mol. The monoisotopic (exact) mass is 391 g/mol. The number of aromatic nitrogens is 2. The molecule has 0 aliphatic heterocycles. The number of fused-ring (bicyclic) bond motifs is 1. The van der Waals surface area contributed by atoms with Gasteiger partial charge in [0.1, 0.15) is 5.82 Å². The van der Waals surface area contributed by atoms with Crippen molar-refractivity contribution in [1.29, 1.82) is 0 Å². The van der Waals surface area contributed by atoms with Crippen LogP contribution in [0.15, 0.2) is 71.9 Å². The van der Waals surface area contributed by atoms with Crippen LogP contribution in [0.2, 0.25) is 0 Å². The minimum Gasteiger partial charge on any atom is -0.333 e. The molecule has 0 atom stereocenters. The summed E-state index contributed by atoms with van der Waals surface area (Å²) in [6, 6.07) is 19.7. The molecule has 140 valence electrons. The number of imidazole rings is 1. The SMILES string of the molecule is Cc1cc(F)ccc1NC(=O)c1ccccc1CSc1nc2ccccc2[nH]1. The molecule has 1 amide bonds. The van der Waals surface area contributed by atoms with E-state index in [9.17, 15) is 9.18 Å². The summed E-state index contributed by atoms with van der Waals surface area (Å²) >= 11 is 1.55. The maximum Gasteiger partial charge on any atom is 0.255 e. The number of hydrogen-bond acceptors (Lipinski definition) is 3. The number of amides is 1. The molecule has 0 saturated carbocycles. The van der Waals surface area contributed by atoms with Crippen LogP contribution in [0, 0.1) is 12.7 Å². The molecule has 6 heteroatoms. The number of halogens is 1. The van der Waals surface area contributed by atoms with E-state index in [1.807, 2.05) is 42.5 Å². The molecule has 0 unspecified atom stereocenters. The van der Waals surface area contributed by atoms with Crippen molar-refractivity contribution >= 4 is 34.4 Å². The topological polar surface area (TPSA) is 57.8 Å². The molecule has 1 heterocycles. The van der Waals surface area contributed by atoms with Crippen molar-refractivity contribution in [2.45, 2.75) is 17.8 Å². The molecule has 3 aromatic carbocycles. The summed E-state index contributed by atoms with van der Waals surface area (Å²) in [6.45, 7) is 1.77. The van der Waals surface area contributed by atoms with Gasteiger partial charge in [-0.15, -0.1) is 0 Å². The second-order valence-corrected chi connectivity index (χ2v) is 7.38. The number of rotatable bonds is 5. The van der Waals surface area contributed by atoms with Crippen LogP contribution in [0.5, 0.6) is 0 Å². The van der Waals surface area contributed by atoms with Crippen molar-refractivity contribution < 1.29 is 9.18 Å². The maximum atomic E-state index is 13.3. The van der Waals surface area contributed by atoms with Gasteiger partial charge in [-0.25, -0.2) is 9.37 Å². The Kier molecular flexibility index (Phi) is 5.12. The molecule has 4 aromatic rings. The number of para-hydroxylation sites is 2. The third-order valence-corrected chi connectivity index (χ3v) is 5.35. The minimum absolute atomic E-state index is 0.212. The van der Waals surface area contributed by atoms with E-state index in [1.165, 1.54) is 12.1 Å². The van der Waals surface area contributed by atoms with Gasteiger partial charge in [-0.05, 0) is 54.4 Å². The van der Waals surface area contributed by atoms with Gasteiger partial charge < -0.3 is 10.3 Å². The van der Waals surface area contributed by atoms with Gasteiger partial charge in [0, 0.05) is 17.0 Å². The van der Waals surface area contributed by atoms with E-state index in [0.29, 0.717) is 22.6 Å². The molecule has 4 rings (SSSR count). The Labute approximate surface area is 166 Å². The molecule has 0 spiro atoms. The van der Waals surface area contributed by atoms with Gasteiger partial charge in [-0.1, -0.05) is 42.1 Å². The smallest absolute Gasteiger partial charge is 0.255 e. The van der Waals surface area contributed by atoms with E-state index in [4.69, 9.17) is 0 Å². The van der Waals surface area contributed by atoms with Crippen LogP contribution in [-0.2, 0) is 5.75 Å². The second kappa shape index (κ2) is 7.86. The summed E-state index contributed by atoms with van der Waals surface area (Å²) in [5.74, 6) is 0.0693. The molecule has 0 aliphatic carbocycles. The van der Waals surface area contributed by atoms with Crippen molar-refractivity contribution in [2.24, 2.45) is 0 Å². The molecule has 2 N–H and O–H groups in total. The quantitative estimate of drug-likeness (QED) is 0.438. The Morgan fingerprint density at radius 2 is 1.89 bits per heavy atom. The number of carbonyl (C=O) groups is 1. The molecule has 4 nitrogen and oxygen atoms in total. The summed E-state index contributed by atoms with van der Waals surface area (Å²) in [7, 11) is 0. The zero-order valence-electron chi connectivity index (χ0n) is 15.2. The van der Waals surface area contributed by atoms with Gasteiger partial charge in [-0.3, -0.25) is 4.79 Å². The summed E-state index contributed by atoms with van der Waals surface area (Å²) in [5.41, 5.74) is 4.69. The highest BCUT2D eigenvalue weighted by Gasteiger charge is 2.13. The number of anilines is 1. The molecule has 0 bridgehead atoms. The van der Waals surface area contributed by atoms with Gasteiger partial charge in [0.2, 0.25) is 0 Å². The van der Waals surface area contributed by atoms with Gasteiger partial charge in [0.25, 0.3) is 5.91 Å². The van der Waals surface area contributed by atoms with Crippen molar-refractivity contribution in [3.63, 3.8) is 0 Å². The van der Waals surface area contributed by atoms with E-state index in [0.717, 1.165) is 21.8 Å². The van der Waals surface area contributed by atoms with Crippen LogP contribution in [0.4, 0.5) is 10.1 Å². The lowest BCUT2D eigenvalue weighted by molar-refractivity contribution is 0.102. The Balaban J connectivity index is 1.52. The molecule has 28 heavy (non-hydrogen) atoms. The molecule has 0 fully saturated rings. The van der Waals surface area contributed by atoms with E-state index >= 15 is 0 Å². The number of aromatic amines is 1. The van der Waals surface area contributed by atoms with Crippen LogP contribution in [0.25, 0.3) is 11.0 Å². The van der Waals surface area contributed by atoms with Gasteiger partial charge in [0.05, 0.1) is 11.0 Å². The van der Waals surface area contributed by atoms with Crippen LogP contribution in [-0.4, -0.2) is 15.9 Å². The summed E-state index contributed by atoms with van der Waals surface area (Å²) in [5, 5.41) is 3.69. The Hall–Kier alpha value is -3.12. The first-order valence-corrected chi connectivity index (χ1v) is 9.82. The van der Waals surface area contributed by atoms with E-state index in [1.54, 1.807) is 30.8 Å². The number of aryl methyl sites for hydroxylation is 1. The first kappa shape index (κ1) is 18.3. The number of carbonyl (C=O) groups excluding carboxylic acids is 1. The third kappa shape index (κ3) is 3.92. The fraction of sp³-hybridized carbons (Fsp3) is 0.0909. The first-order valence-electron chi connectivity index (χ1n) is 8.83. The molecular weight excluding hydrogens is 373 g/mol. The number of benzene rings is 3. The highest BCUT2D eigenvalue weighted by Crippen LogP contribution is 2.25. The Bertz CT molecular complexity index is 1120. The lowest BCUT2D eigenvalue weighted by Crippen LogP contribution is -2.14. The number of nitrogens with one attached hydrogen (secondary N) is 2. The fourth-order valence-electron chi connectivity index (χ4n) is 2.97.